The molecule has 0 atom stereocenters. The van der Waals surface area contributed by atoms with Gasteiger partial charge in [0.25, 0.3) is 0 Å². The summed E-state index contributed by atoms with van der Waals surface area (Å²) in [5, 5.41) is 10.2. The number of ether oxygens (including phenoxy) is 2. The van der Waals surface area contributed by atoms with Crippen molar-refractivity contribution in [2.24, 2.45) is 5.73 Å². The number of carbonyl (C=O) groups excluding carboxylic acids is 2. The van der Waals surface area contributed by atoms with Gasteiger partial charge < -0.3 is 20.5 Å². The first-order valence-electron chi connectivity index (χ1n) is 7.96. The molecule has 0 saturated carbocycles. The normalized spacial score (nSPS) is 10.0. The third-order valence-electron chi connectivity index (χ3n) is 3.63. The lowest BCUT2D eigenvalue weighted by atomic mass is 10.1. The zero-order valence-corrected chi connectivity index (χ0v) is 14.5. The zero-order chi connectivity index (χ0) is 18.9. The lowest BCUT2D eigenvalue weighted by molar-refractivity contribution is -0.142. The number of rotatable bonds is 8. The van der Waals surface area contributed by atoms with Gasteiger partial charge in [0.2, 0.25) is 5.91 Å². The highest BCUT2D eigenvalue weighted by Crippen LogP contribution is 2.12. The molecule has 0 aliphatic heterocycles. The minimum Gasteiger partial charge on any atom is -0.482 e. The Bertz CT molecular complexity index is 770. The van der Waals surface area contributed by atoms with E-state index < -0.39 is 5.97 Å². The van der Waals surface area contributed by atoms with Crippen molar-refractivity contribution >= 4 is 17.7 Å². The van der Waals surface area contributed by atoms with Gasteiger partial charge in [0.15, 0.2) is 6.61 Å². The number of amides is 1. The molecule has 7 nitrogen and oxygen atoms in total. The second-order valence-electron chi connectivity index (χ2n) is 5.57. The molecular weight excluding hydrogens is 334 g/mol. The van der Waals surface area contributed by atoms with Crippen LogP contribution in [0, 0.1) is 5.41 Å². The van der Waals surface area contributed by atoms with Crippen molar-refractivity contribution in [3.8, 4) is 5.75 Å². The summed E-state index contributed by atoms with van der Waals surface area (Å²) in [6.45, 7) is 0.247. The number of carbonyl (C=O) groups is 2. The quantitative estimate of drug-likeness (QED) is 0.376. The monoisotopic (exact) mass is 355 g/mol. The van der Waals surface area contributed by atoms with Crippen molar-refractivity contribution in [3.05, 3.63) is 65.2 Å². The predicted molar refractivity (Wildman–Crippen MR) is 97.0 cm³/mol. The molecule has 0 aliphatic carbocycles. The van der Waals surface area contributed by atoms with Crippen molar-refractivity contribution in [2.45, 2.75) is 13.0 Å². The van der Waals surface area contributed by atoms with Crippen LogP contribution in [0.4, 0.5) is 0 Å². The molecule has 2 rings (SSSR count). The minimum absolute atomic E-state index is 0.0000131. The number of benzene rings is 2. The Kier molecular flexibility index (Phi) is 6.73. The molecule has 0 radical (unpaired) electrons. The van der Waals surface area contributed by atoms with Gasteiger partial charge in [0.1, 0.15) is 11.6 Å². The molecule has 0 heterocycles. The first kappa shape index (κ1) is 19.0. The van der Waals surface area contributed by atoms with Crippen LogP contribution in [0.1, 0.15) is 16.7 Å². The van der Waals surface area contributed by atoms with E-state index in [1.807, 2.05) is 12.1 Å². The van der Waals surface area contributed by atoms with Gasteiger partial charge in [-0.2, -0.15) is 0 Å². The number of hydrogen-bond donors (Lipinski definition) is 3. The summed E-state index contributed by atoms with van der Waals surface area (Å²) < 4.78 is 9.76. The van der Waals surface area contributed by atoms with Gasteiger partial charge >= 0.3 is 5.97 Å². The van der Waals surface area contributed by atoms with Crippen LogP contribution in [0.25, 0.3) is 0 Å². The van der Waals surface area contributed by atoms with E-state index >= 15 is 0 Å². The van der Waals surface area contributed by atoms with Gasteiger partial charge in [-0.15, -0.1) is 0 Å². The number of hydrogen-bond acceptors (Lipinski definition) is 5. The van der Waals surface area contributed by atoms with Crippen LogP contribution in [0.2, 0.25) is 0 Å². The Labute approximate surface area is 151 Å². The van der Waals surface area contributed by atoms with Crippen molar-refractivity contribution in [1.82, 2.24) is 5.32 Å². The Morgan fingerprint density at radius 2 is 1.65 bits per heavy atom. The van der Waals surface area contributed by atoms with E-state index in [9.17, 15) is 9.59 Å². The summed E-state index contributed by atoms with van der Waals surface area (Å²) in [5.41, 5.74) is 7.79. The molecule has 0 unspecified atom stereocenters. The van der Waals surface area contributed by atoms with Gasteiger partial charge in [-0.05, 0) is 23.3 Å². The highest BCUT2D eigenvalue weighted by Gasteiger charge is 2.05. The number of methoxy groups -OCH3 is 1. The molecule has 7 heteroatoms. The smallest absolute Gasteiger partial charge is 0.343 e. The van der Waals surface area contributed by atoms with E-state index in [2.05, 4.69) is 10.1 Å². The third-order valence-corrected chi connectivity index (χ3v) is 3.63. The molecular formula is C19H21N3O4. The van der Waals surface area contributed by atoms with Gasteiger partial charge in [0, 0.05) is 12.1 Å². The van der Waals surface area contributed by atoms with Crippen molar-refractivity contribution in [2.75, 3.05) is 13.7 Å². The lowest BCUT2D eigenvalue weighted by Crippen LogP contribution is -2.24. The molecule has 0 spiro atoms. The predicted octanol–water partition coefficient (Wildman–Crippen LogP) is 1.38. The van der Waals surface area contributed by atoms with E-state index in [1.54, 1.807) is 36.4 Å². The van der Waals surface area contributed by atoms with Gasteiger partial charge in [0.05, 0.1) is 13.5 Å². The summed E-state index contributed by atoms with van der Waals surface area (Å²) in [6, 6.07) is 14.1. The highest BCUT2D eigenvalue weighted by molar-refractivity contribution is 5.95. The standard InChI is InChI=1S/C19H21N3O4/c1-25-18(24)12-26-16-8-4-14(5-9-16)11-22-17(23)10-13-2-6-15(7-3-13)19(20)21/h2-9H,10-12H2,1H3,(H3,20,21)(H,22,23). The minimum atomic E-state index is -0.447. The summed E-state index contributed by atoms with van der Waals surface area (Å²) >= 11 is 0. The molecule has 26 heavy (non-hydrogen) atoms. The van der Waals surface area contributed by atoms with Crippen LogP contribution in [0.5, 0.6) is 5.75 Å². The summed E-state index contributed by atoms with van der Waals surface area (Å²) in [5.74, 6) is 0.000296. The first-order chi connectivity index (χ1) is 12.5. The fourth-order valence-corrected chi connectivity index (χ4v) is 2.16. The van der Waals surface area contributed by atoms with Crippen molar-refractivity contribution in [3.63, 3.8) is 0 Å². The molecule has 0 aliphatic rings. The maximum absolute atomic E-state index is 12.0. The zero-order valence-electron chi connectivity index (χ0n) is 14.5. The first-order valence-corrected chi connectivity index (χ1v) is 7.96. The van der Waals surface area contributed by atoms with Crippen LogP contribution < -0.4 is 15.8 Å². The van der Waals surface area contributed by atoms with Crippen molar-refractivity contribution < 1.29 is 19.1 Å². The van der Waals surface area contributed by atoms with Crippen LogP contribution in [0.3, 0.4) is 0 Å². The van der Waals surface area contributed by atoms with Gasteiger partial charge in [-0.25, -0.2) is 4.79 Å². The Balaban J connectivity index is 1.79. The summed E-state index contributed by atoms with van der Waals surface area (Å²) in [7, 11) is 1.30. The van der Waals surface area contributed by atoms with Crippen LogP contribution in [0.15, 0.2) is 48.5 Å². The van der Waals surface area contributed by atoms with Gasteiger partial charge in [-0.3, -0.25) is 10.2 Å². The molecule has 0 fully saturated rings. The largest absolute Gasteiger partial charge is 0.482 e. The topological polar surface area (TPSA) is 114 Å². The third kappa shape index (κ3) is 5.94. The molecule has 2 aromatic rings. The van der Waals surface area contributed by atoms with E-state index in [1.165, 1.54) is 7.11 Å². The van der Waals surface area contributed by atoms with Gasteiger partial charge in [-0.1, -0.05) is 36.4 Å². The Hall–Kier alpha value is -3.35. The Morgan fingerprint density at radius 3 is 2.23 bits per heavy atom. The SMILES string of the molecule is COC(=O)COc1ccc(CNC(=O)Cc2ccc(C(=N)N)cc2)cc1. The number of nitrogens with one attached hydrogen (secondary N) is 2. The number of amidine groups is 1. The summed E-state index contributed by atoms with van der Waals surface area (Å²) in [6.07, 6.45) is 0.249. The average Bonchev–Trinajstić information content (AvgIpc) is 2.65. The van der Waals surface area contributed by atoms with Crippen molar-refractivity contribution in [1.29, 1.82) is 5.41 Å². The molecule has 2 aromatic carbocycles. The second-order valence-corrected chi connectivity index (χ2v) is 5.57. The molecule has 0 bridgehead atoms. The van der Waals surface area contributed by atoms with Crippen LogP contribution in [-0.2, 0) is 27.3 Å². The maximum Gasteiger partial charge on any atom is 0.343 e. The number of esters is 1. The highest BCUT2D eigenvalue weighted by atomic mass is 16.6. The molecule has 1 amide bonds. The fraction of sp³-hybridized carbons (Fsp3) is 0.211. The van der Waals surface area contributed by atoms with Crippen LogP contribution >= 0.6 is 0 Å². The van der Waals surface area contributed by atoms with E-state index in [0.29, 0.717) is 17.9 Å². The lowest BCUT2D eigenvalue weighted by Gasteiger charge is -2.08. The Morgan fingerprint density at radius 1 is 1.04 bits per heavy atom. The van der Waals surface area contributed by atoms with Crippen LogP contribution in [-0.4, -0.2) is 31.4 Å². The number of nitrogens with two attached hydrogens (primary N) is 1. The molecule has 0 saturated heterocycles. The van der Waals surface area contributed by atoms with E-state index in [-0.39, 0.29) is 24.8 Å². The number of nitrogen functional groups attached to an aromatic ring is 1. The molecule has 0 aromatic heterocycles. The molecule has 4 N–H and O–H groups in total. The summed E-state index contributed by atoms with van der Waals surface area (Å²) in [4.78, 5) is 23.0. The van der Waals surface area contributed by atoms with E-state index in [0.717, 1.165) is 11.1 Å². The second kappa shape index (κ2) is 9.22. The van der Waals surface area contributed by atoms with E-state index in [4.69, 9.17) is 15.9 Å². The fourth-order valence-electron chi connectivity index (χ4n) is 2.16. The average molecular weight is 355 g/mol. The maximum atomic E-state index is 12.0. The molecule has 136 valence electrons.